The molecule has 0 unspecified atom stereocenters. The number of alkyl halides is 6. The van der Waals surface area contributed by atoms with Crippen molar-refractivity contribution in [3.8, 4) is 12.1 Å². The number of hydrogen-bond acceptors (Lipinski definition) is 10. The molecule has 0 radical (unpaired) electrons. The summed E-state index contributed by atoms with van der Waals surface area (Å²) in [4.78, 5) is 23.6. The van der Waals surface area contributed by atoms with Crippen molar-refractivity contribution in [2.75, 3.05) is 19.8 Å². The van der Waals surface area contributed by atoms with E-state index < -0.39 is 45.2 Å². The van der Waals surface area contributed by atoms with Gasteiger partial charge in [-0.2, -0.15) is 10.5 Å². The van der Waals surface area contributed by atoms with Crippen molar-refractivity contribution in [2.45, 2.75) is 185 Å². The average Bonchev–Trinajstić information content (AvgIpc) is 3.86. The molecule has 18 heteroatoms. The number of hydrogen-bond donors (Lipinski definition) is 3. The molecule has 0 bridgehead atoms. The maximum absolute atomic E-state index is 13.3. The van der Waals surface area contributed by atoms with E-state index in [4.69, 9.17) is 10.5 Å². The first-order chi connectivity index (χ1) is 29.8. The van der Waals surface area contributed by atoms with E-state index in [9.17, 15) is 51.9 Å². The van der Waals surface area contributed by atoms with E-state index in [1.807, 2.05) is 6.07 Å². The molecule has 3 aromatic rings. The number of aromatic nitrogens is 3. The number of carbonyl (C=O) groups excluding carboxylic acids is 1. The van der Waals surface area contributed by atoms with Crippen molar-refractivity contribution < 1.29 is 63.1 Å². The smallest absolute Gasteiger partial charge is 1.00 e. The van der Waals surface area contributed by atoms with Crippen LogP contribution in [0.25, 0.3) is 0 Å². The van der Waals surface area contributed by atoms with Crippen molar-refractivity contribution in [1.82, 2.24) is 15.0 Å². The number of nitriles is 2. The first kappa shape index (κ1) is 67.8. The second-order valence-electron chi connectivity index (χ2n) is 18.7. The first-order valence-electron chi connectivity index (χ1n) is 21.9. The molecule has 3 aliphatic carbocycles. The molecule has 4 fully saturated rings. The summed E-state index contributed by atoms with van der Waals surface area (Å²) in [7, 11) is 0. The van der Waals surface area contributed by atoms with Crippen molar-refractivity contribution in [1.29, 1.82) is 10.5 Å². The van der Waals surface area contributed by atoms with E-state index in [0.717, 1.165) is 18.8 Å². The normalized spacial score (nSPS) is 19.8. The van der Waals surface area contributed by atoms with Gasteiger partial charge in [0.1, 0.15) is 16.9 Å². The molecule has 4 aliphatic rings. The van der Waals surface area contributed by atoms with Crippen molar-refractivity contribution in [2.24, 2.45) is 5.73 Å². The molecule has 3 saturated carbocycles. The molecule has 10 nitrogen and oxygen atoms in total. The summed E-state index contributed by atoms with van der Waals surface area (Å²) in [6, 6.07) is 14.5. The number of nitrogens with zero attached hydrogens (tertiary/aromatic N) is 5. The van der Waals surface area contributed by atoms with Crippen LogP contribution < -0.4 is 22.7 Å². The van der Waals surface area contributed by atoms with Crippen LogP contribution in [0.1, 0.15) is 178 Å². The predicted octanol–water partition coefficient (Wildman–Crippen LogP) is 8.39. The van der Waals surface area contributed by atoms with E-state index in [0.29, 0.717) is 47.6 Å². The summed E-state index contributed by atoms with van der Waals surface area (Å²) < 4.78 is 84.5. The van der Waals surface area contributed by atoms with Crippen molar-refractivity contribution >= 4 is 28.8 Å². The van der Waals surface area contributed by atoms with Gasteiger partial charge in [0.15, 0.2) is 5.78 Å². The average molecular weight is 1050 g/mol. The topological polar surface area (TPSA) is 179 Å². The zero-order valence-electron chi connectivity index (χ0n) is 39.6. The molecule has 0 amide bonds. The summed E-state index contributed by atoms with van der Waals surface area (Å²) in [5.74, 6) is -8.07. The monoisotopic (exact) mass is 1050 g/mol. The minimum absolute atomic E-state index is 0. The third-order valence-electron chi connectivity index (χ3n) is 12.9. The zero-order valence-corrected chi connectivity index (χ0v) is 42.6. The van der Waals surface area contributed by atoms with E-state index in [1.165, 1.54) is 32.2 Å². The van der Waals surface area contributed by atoms with Crippen LogP contribution in [0.2, 0.25) is 0 Å². The fourth-order valence-electron chi connectivity index (χ4n) is 8.22. The van der Waals surface area contributed by atoms with Crippen LogP contribution in [-0.4, -0.2) is 91.5 Å². The standard InChI is InChI=1S/C15H22F2N2O.C15H18F2N2O.C14H14F2N2O.C4H8O.2CH4.CH3.BrH.Mg/c2*1-13(2,20)12-4-3-11(9-19-12)14(10-18)5-7-15(16,17)8-6-14;1-10(19)12-3-2-11(8-18-12)13(9-17)4-6-14(15,16)7-5-13;1-2-4-5-3-1;;;;;/h3-4,9,20H,5-8,10,18H2,1-2H3;3-4,9,20H,5-8H2,1-2H3;2-3,8H,4-7H2,1H3;1-4H2;2*1H4;1H3;1H;/q;;;;;;-1;;+2/p-1. The molecule has 382 valence electrons. The van der Waals surface area contributed by atoms with Gasteiger partial charge in [0.25, 0.3) is 0 Å². The molecular formula is C51H73BrF6MgN6O4. The van der Waals surface area contributed by atoms with E-state index in [2.05, 4.69) is 27.1 Å². The Morgan fingerprint density at radius 2 is 0.971 bits per heavy atom. The quantitative estimate of drug-likeness (QED) is 0.0901. The minimum Gasteiger partial charge on any atom is -1.00 e. The van der Waals surface area contributed by atoms with Crippen LogP contribution in [0.15, 0.2) is 55.0 Å². The van der Waals surface area contributed by atoms with Crippen LogP contribution in [0.5, 0.6) is 0 Å². The number of pyridine rings is 3. The number of rotatable bonds is 7. The van der Waals surface area contributed by atoms with Crippen LogP contribution in [0, 0.1) is 30.1 Å². The van der Waals surface area contributed by atoms with Crippen molar-refractivity contribution in [3.05, 3.63) is 96.2 Å². The van der Waals surface area contributed by atoms with Gasteiger partial charge in [-0.25, -0.2) is 26.3 Å². The Bertz CT molecular complexity index is 2050. The van der Waals surface area contributed by atoms with Gasteiger partial charge in [-0.05, 0) is 114 Å². The summed E-state index contributed by atoms with van der Waals surface area (Å²) >= 11 is 0. The Kier molecular flexibility index (Phi) is 27.1. The molecule has 4 heterocycles. The van der Waals surface area contributed by atoms with Gasteiger partial charge in [-0.15, -0.1) is 0 Å². The Hall–Kier alpha value is -3.23. The SMILES string of the molecule is C.C.C1CCOC1.CC(=O)c1ccc(C2(C#N)CCC(F)(F)CC2)cn1.CC(C)(O)c1ccc(C2(C#N)CCC(F)(F)CC2)cn1.CC(C)(O)c1ccc(C2(CN)CCC(F)(F)CC2)cn1.[Br-].[CH3-].[Mg+2]. The van der Waals surface area contributed by atoms with Crippen LogP contribution >= 0.6 is 0 Å². The Labute approximate surface area is 433 Å². The molecule has 3 aromatic heterocycles. The fourth-order valence-corrected chi connectivity index (χ4v) is 8.22. The molecule has 1 saturated heterocycles. The summed E-state index contributed by atoms with van der Waals surface area (Å²) in [5.41, 5.74) is 5.15. The number of nitrogens with two attached hydrogens (primary N) is 1. The second-order valence-corrected chi connectivity index (χ2v) is 18.7. The number of carbonyl (C=O) groups is 1. The van der Waals surface area contributed by atoms with Gasteiger partial charge >= 0.3 is 23.1 Å². The summed E-state index contributed by atoms with van der Waals surface area (Å²) in [6.45, 7) is 10.3. The molecule has 1 aliphatic heterocycles. The largest absolute Gasteiger partial charge is 2.00 e. The molecule has 0 spiro atoms. The fraction of sp³-hybridized carbons (Fsp3) is 0.627. The van der Waals surface area contributed by atoms with Gasteiger partial charge in [0.2, 0.25) is 17.8 Å². The molecule has 7 rings (SSSR count). The number of halogens is 7. The van der Waals surface area contributed by atoms with Gasteiger partial charge in [0, 0.05) is 89.2 Å². The van der Waals surface area contributed by atoms with Crippen LogP contribution in [0.4, 0.5) is 26.3 Å². The van der Waals surface area contributed by atoms with E-state index in [1.54, 1.807) is 64.2 Å². The van der Waals surface area contributed by atoms with E-state index >= 15 is 0 Å². The number of aliphatic hydroxyl groups is 2. The molecule has 4 N–H and O–H groups in total. The van der Waals surface area contributed by atoms with Gasteiger partial charge in [-0.3, -0.25) is 19.7 Å². The Morgan fingerprint density at radius 3 is 1.22 bits per heavy atom. The summed E-state index contributed by atoms with van der Waals surface area (Å²) in [6.07, 6.45) is 7.13. The molecular weight excluding hydrogens is 979 g/mol. The minimum atomic E-state index is -2.67. The van der Waals surface area contributed by atoms with Gasteiger partial charge in [-0.1, -0.05) is 33.1 Å². The third kappa shape index (κ3) is 18.7. The zero-order chi connectivity index (χ0) is 47.7. The second kappa shape index (κ2) is 27.6. The molecule has 0 aromatic carbocycles. The summed E-state index contributed by atoms with van der Waals surface area (Å²) in [5, 5.41) is 38.5. The number of Topliss-reactive ketones (excluding diaryl/α,β-unsaturated/α-hetero) is 1. The number of ether oxygens (including phenoxy) is 1. The van der Waals surface area contributed by atoms with E-state index in [-0.39, 0.29) is 132 Å². The Morgan fingerprint density at radius 1 is 0.638 bits per heavy atom. The Balaban J connectivity index is 0. The predicted molar refractivity (Wildman–Crippen MR) is 254 cm³/mol. The van der Waals surface area contributed by atoms with Crippen LogP contribution in [-0.2, 0) is 32.2 Å². The maximum atomic E-state index is 13.3. The van der Waals surface area contributed by atoms with Gasteiger partial charge in [0.05, 0.1) is 34.4 Å². The molecule has 0 atom stereocenters. The third-order valence-corrected chi connectivity index (χ3v) is 12.9. The van der Waals surface area contributed by atoms with Gasteiger partial charge < -0.3 is 45.1 Å². The number of ketones is 1. The van der Waals surface area contributed by atoms with Crippen LogP contribution in [0.3, 0.4) is 0 Å². The molecule has 69 heavy (non-hydrogen) atoms. The van der Waals surface area contributed by atoms with Crippen molar-refractivity contribution in [3.63, 3.8) is 0 Å². The maximum Gasteiger partial charge on any atom is 2.00 e. The first-order valence-corrected chi connectivity index (χ1v) is 21.9.